The van der Waals surface area contributed by atoms with Gasteiger partial charge >= 0.3 is 141 Å². The fraction of sp³-hybridized carbons (Fsp3) is 0.143. The summed E-state index contributed by atoms with van der Waals surface area (Å²) in [5.41, 5.74) is 0. The normalized spacial score (nSPS) is 11.9. The Balaban J connectivity index is 3.43. The SMILES string of the molecule is C/C=C\C(=O)OI(OC(=O)/C=C\C)c1c(F)c(F)c(F)c(F)c1F. The average Bonchev–Trinajstić information content (AvgIpc) is 2.51. The van der Waals surface area contributed by atoms with Crippen molar-refractivity contribution in [3.8, 4) is 0 Å². The molecule has 24 heavy (non-hydrogen) atoms. The van der Waals surface area contributed by atoms with Crippen molar-refractivity contribution < 1.29 is 37.7 Å². The van der Waals surface area contributed by atoms with E-state index in [9.17, 15) is 31.5 Å². The number of benzene rings is 1. The molecule has 132 valence electrons. The number of hydrogen-bond acceptors (Lipinski definition) is 4. The second-order valence-electron chi connectivity index (χ2n) is 3.89. The first kappa shape index (κ1) is 20.1. The molecule has 0 amide bonds. The van der Waals surface area contributed by atoms with Crippen LogP contribution in [0.4, 0.5) is 22.0 Å². The molecule has 0 fully saturated rings. The van der Waals surface area contributed by atoms with Gasteiger partial charge in [-0.25, -0.2) is 0 Å². The van der Waals surface area contributed by atoms with Crippen molar-refractivity contribution in [3.63, 3.8) is 0 Å². The second-order valence-corrected chi connectivity index (χ2v) is 7.09. The Morgan fingerprint density at radius 3 is 1.42 bits per heavy atom. The van der Waals surface area contributed by atoms with Gasteiger partial charge in [0.25, 0.3) is 0 Å². The van der Waals surface area contributed by atoms with Gasteiger partial charge in [-0.15, -0.1) is 0 Å². The van der Waals surface area contributed by atoms with Crippen molar-refractivity contribution in [1.82, 2.24) is 0 Å². The van der Waals surface area contributed by atoms with Gasteiger partial charge in [-0.1, -0.05) is 0 Å². The molecular weight excluding hydrogens is 454 g/mol. The minimum atomic E-state index is -4.34. The summed E-state index contributed by atoms with van der Waals surface area (Å²) in [5.74, 6) is -13.5. The van der Waals surface area contributed by atoms with Crippen molar-refractivity contribution in [3.05, 3.63) is 57.0 Å². The molecule has 0 N–H and O–H groups in total. The molecule has 0 aromatic heterocycles. The molecule has 0 unspecified atom stereocenters. The van der Waals surface area contributed by atoms with Crippen molar-refractivity contribution in [1.29, 1.82) is 0 Å². The predicted octanol–water partition coefficient (Wildman–Crippen LogP) is 4.13. The molecule has 1 aromatic rings. The molecule has 1 aromatic carbocycles. The standard InChI is InChI=1S/C14H10F5IO4/c1-3-5-7(21)23-20(24-8(22)6-4-2)14-12(18)10(16)9(15)11(17)13(14)19/h3-6H,1-2H3/b5-3-,6-4-. The molecule has 0 saturated heterocycles. The summed E-state index contributed by atoms with van der Waals surface area (Å²) in [5, 5.41) is 0. The Morgan fingerprint density at radius 1 is 0.750 bits per heavy atom. The Hall–Kier alpha value is -1.98. The number of allylic oxidation sites excluding steroid dienone is 2. The molecule has 0 bridgehead atoms. The molecule has 0 aliphatic rings. The summed E-state index contributed by atoms with van der Waals surface area (Å²) in [6.07, 6.45) is 4.09. The summed E-state index contributed by atoms with van der Waals surface area (Å²) in [4.78, 5) is 22.9. The van der Waals surface area contributed by atoms with Crippen LogP contribution < -0.4 is 0 Å². The molecule has 10 heteroatoms. The van der Waals surface area contributed by atoms with Crippen LogP contribution in [0, 0.1) is 32.7 Å². The maximum atomic E-state index is 13.8. The molecule has 4 nitrogen and oxygen atoms in total. The van der Waals surface area contributed by atoms with E-state index in [1.54, 1.807) is 0 Å². The van der Waals surface area contributed by atoms with Crippen LogP contribution in [0.3, 0.4) is 0 Å². The Morgan fingerprint density at radius 2 is 1.08 bits per heavy atom. The van der Waals surface area contributed by atoms with Crippen molar-refractivity contribution in [2.75, 3.05) is 0 Å². The number of rotatable bonds is 5. The van der Waals surface area contributed by atoms with E-state index >= 15 is 0 Å². The van der Waals surface area contributed by atoms with Gasteiger partial charge in [0, 0.05) is 0 Å². The number of carbonyl (C=O) groups is 2. The third-order valence-corrected chi connectivity index (χ3v) is 5.70. The maximum absolute atomic E-state index is 13.8. The fourth-order valence-electron chi connectivity index (χ4n) is 1.27. The van der Waals surface area contributed by atoms with Crippen molar-refractivity contribution in [2.45, 2.75) is 13.8 Å². The predicted molar refractivity (Wildman–Crippen MR) is 80.8 cm³/mol. The van der Waals surface area contributed by atoms with Crippen LogP contribution in [-0.2, 0) is 15.7 Å². The Kier molecular flexibility index (Phi) is 7.32. The summed E-state index contributed by atoms with van der Waals surface area (Å²) < 4.78 is 75.1. The zero-order valence-electron chi connectivity index (χ0n) is 12.2. The topological polar surface area (TPSA) is 52.6 Å². The van der Waals surface area contributed by atoms with Crippen LogP contribution in [0.2, 0.25) is 0 Å². The minimum absolute atomic E-state index is 0.833. The molecule has 0 radical (unpaired) electrons. The fourth-order valence-corrected chi connectivity index (χ4v) is 4.13. The first-order valence-corrected chi connectivity index (χ1v) is 9.00. The van der Waals surface area contributed by atoms with E-state index in [4.69, 9.17) is 0 Å². The molecule has 0 spiro atoms. The number of carbonyl (C=O) groups excluding carboxylic acids is 2. The number of halogens is 6. The van der Waals surface area contributed by atoms with Crippen LogP contribution in [0.15, 0.2) is 24.3 Å². The van der Waals surface area contributed by atoms with Gasteiger partial charge in [-0.2, -0.15) is 0 Å². The van der Waals surface area contributed by atoms with Crippen LogP contribution in [-0.4, -0.2) is 11.9 Å². The van der Waals surface area contributed by atoms with E-state index in [0.29, 0.717) is 0 Å². The number of hydrogen-bond donors (Lipinski definition) is 0. The van der Waals surface area contributed by atoms with Gasteiger partial charge < -0.3 is 0 Å². The van der Waals surface area contributed by atoms with Gasteiger partial charge in [0.15, 0.2) is 0 Å². The zero-order valence-corrected chi connectivity index (χ0v) is 14.4. The second kappa shape index (κ2) is 8.76. The Labute approximate surface area is 141 Å². The monoisotopic (exact) mass is 464 g/mol. The third kappa shape index (κ3) is 4.52. The van der Waals surface area contributed by atoms with Gasteiger partial charge in [-0.05, 0) is 0 Å². The Bertz CT molecular complexity index is 663. The molecule has 0 atom stereocenters. The van der Waals surface area contributed by atoms with E-state index in [0.717, 1.165) is 12.2 Å². The summed E-state index contributed by atoms with van der Waals surface area (Å²) in [6.45, 7) is 2.84. The van der Waals surface area contributed by atoms with Crippen molar-refractivity contribution >= 4 is 32.6 Å². The molecule has 0 saturated carbocycles. The summed E-state index contributed by atoms with van der Waals surface area (Å²) in [6, 6.07) is 0. The summed E-state index contributed by atoms with van der Waals surface area (Å²) in [7, 11) is 0. The van der Waals surface area contributed by atoms with Gasteiger partial charge in [0.05, 0.1) is 0 Å². The van der Waals surface area contributed by atoms with Gasteiger partial charge in [-0.3, -0.25) is 0 Å². The van der Waals surface area contributed by atoms with Crippen molar-refractivity contribution in [2.24, 2.45) is 0 Å². The molecule has 0 aliphatic heterocycles. The first-order valence-electron chi connectivity index (χ1n) is 6.16. The van der Waals surface area contributed by atoms with Crippen LogP contribution >= 0.6 is 20.6 Å². The quantitative estimate of drug-likeness (QED) is 0.216. The van der Waals surface area contributed by atoms with Gasteiger partial charge in [0.2, 0.25) is 0 Å². The van der Waals surface area contributed by atoms with E-state index < -0.39 is 65.2 Å². The molecule has 0 heterocycles. The third-order valence-electron chi connectivity index (χ3n) is 2.21. The van der Waals surface area contributed by atoms with E-state index in [-0.39, 0.29) is 0 Å². The van der Waals surface area contributed by atoms with E-state index in [2.05, 4.69) is 6.13 Å². The molecule has 0 aliphatic carbocycles. The van der Waals surface area contributed by atoms with Gasteiger partial charge in [0.1, 0.15) is 0 Å². The van der Waals surface area contributed by atoms with E-state index in [1.165, 1.54) is 26.0 Å². The molecular formula is C14H10F5IO4. The molecule has 1 rings (SSSR count). The summed E-state index contributed by atoms with van der Waals surface area (Å²) >= 11 is -4.34. The van der Waals surface area contributed by atoms with Crippen LogP contribution in [0.1, 0.15) is 13.8 Å². The van der Waals surface area contributed by atoms with E-state index in [1.807, 2.05) is 0 Å². The van der Waals surface area contributed by atoms with Crippen LogP contribution in [0.25, 0.3) is 0 Å². The zero-order chi connectivity index (χ0) is 18.4. The first-order chi connectivity index (χ1) is 11.2. The van der Waals surface area contributed by atoms with Crippen LogP contribution in [0.5, 0.6) is 0 Å². The average molecular weight is 464 g/mol.